The number of fused-ring (bicyclic) bond motifs is 2. The van der Waals surface area contributed by atoms with Crippen molar-refractivity contribution in [2.75, 3.05) is 5.32 Å². The molecule has 0 aromatic heterocycles. The molecule has 2 aromatic carbocycles. The Morgan fingerprint density at radius 2 is 1.95 bits per heavy atom. The Kier molecular flexibility index (Phi) is 2.84. The zero-order valence-electron chi connectivity index (χ0n) is 10.0. The van der Waals surface area contributed by atoms with Crippen LogP contribution in [0.15, 0.2) is 36.4 Å². The van der Waals surface area contributed by atoms with Gasteiger partial charge in [-0.3, -0.25) is 4.79 Å². The molecule has 1 heterocycles. The van der Waals surface area contributed by atoms with Crippen molar-refractivity contribution in [3.63, 3.8) is 0 Å². The molecule has 0 saturated carbocycles. The van der Waals surface area contributed by atoms with Gasteiger partial charge in [-0.05, 0) is 18.2 Å². The van der Waals surface area contributed by atoms with Crippen molar-refractivity contribution in [2.45, 2.75) is 0 Å². The maximum atomic E-state index is 12.1. The monoisotopic (exact) mass is 289 g/mol. The first-order valence-electron chi connectivity index (χ1n) is 5.71. The quantitative estimate of drug-likeness (QED) is 0.843. The molecule has 1 amide bonds. The van der Waals surface area contributed by atoms with Gasteiger partial charge in [0.25, 0.3) is 5.91 Å². The number of carboxylic acid groups (broad SMARTS) is 1. The maximum Gasteiger partial charge on any atom is 0.337 e. The Hall–Kier alpha value is -2.53. The molecule has 0 aliphatic carbocycles. The molecule has 1 aliphatic heterocycles. The number of nitrogens with one attached hydrogen (secondary N) is 1. The summed E-state index contributed by atoms with van der Waals surface area (Å²) in [7, 11) is 0. The van der Waals surface area contributed by atoms with Crippen LogP contribution in [-0.4, -0.2) is 17.0 Å². The minimum atomic E-state index is -1.17. The average Bonchev–Trinajstić information content (AvgIpc) is 2.54. The molecule has 0 atom stereocenters. The second-order valence-electron chi connectivity index (χ2n) is 4.19. The fourth-order valence-corrected chi connectivity index (χ4v) is 2.19. The van der Waals surface area contributed by atoms with Crippen molar-refractivity contribution in [3.8, 4) is 11.5 Å². The number of rotatable bonds is 1. The van der Waals surface area contributed by atoms with E-state index in [9.17, 15) is 9.59 Å². The van der Waals surface area contributed by atoms with Crippen LogP contribution in [0.3, 0.4) is 0 Å². The Balaban J connectivity index is 2.17. The number of aromatic carboxylic acids is 1. The number of carbonyl (C=O) groups excluding carboxylic acids is 1. The van der Waals surface area contributed by atoms with Gasteiger partial charge < -0.3 is 15.2 Å². The van der Waals surface area contributed by atoms with Gasteiger partial charge in [-0.25, -0.2) is 4.79 Å². The number of anilines is 1. The second kappa shape index (κ2) is 4.54. The van der Waals surface area contributed by atoms with Gasteiger partial charge in [0.1, 0.15) is 5.75 Å². The van der Waals surface area contributed by atoms with Crippen LogP contribution in [0.4, 0.5) is 5.69 Å². The zero-order chi connectivity index (χ0) is 14.3. The Morgan fingerprint density at radius 3 is 2.70 bits per heavy atom. The number of hydrogen-bond donors (Lipinski definition) is 2. The topological polar surface area (TPSA) is 75.6 Å². The number of hydrogen-bond acceptors (Lipinski definition) is 3. The molecule has 0 unspecified atom stereocenters. The van der Waals surface area contributed by atoms with Crippen LogP contribution in [0.25, 0.3) is 0 Å². The van der Waals surface area contributed by atoms with Gasteiger partial charge in [0.05, 0.1) is 21.8 Å². The summed E-state index contributed by atoms with van der Waals surface area (Å²) >= 11 is 5.90. The highest BCUT2D eigenvalue weighted by atomic mass is 35.5. The standard InChI is InChI=1S/C14H8ClNO4/c15-9-6-12-10(5-8(9)14(18)19)16-13(17)7-3-1-2-4-11(7)20-12/h1-6H,(H,16,17)(H,18,19). The lowest BCUT2D eigenvalue weighted by Crippen LogP contribution is -2.11. The van der Waals surface area contributed by atoms with Crippen LogP contribution in [-0.2, 0) is 0 Å². The molecule has 2 N–H and O–H groups in total. The number of ether oxygens (including phenoxy) is 1. The van der Waals surface area contributed by atoms with Crippen LogP contribution in [0.5, 0.6) is 11.5 Å². The summed E-state index contributed by atoms with van der Waals surface area (Å²) in [6, 6.07) is 9.39. The largest absolute Gasteiger partial charge is 0.478 e. The second-order valence-corrected chi connectivity index (χ2v) is 4.59. The molecule has 0 radical (unpaired) electrons. The molecule has 0 bridgehead atoms. The van der Waals surface area contributed by atoms with E-state index in [1.807, 2.05) is 0 Å². The van der Waals surface area contributed by atoms with Crippen LogP contribution in [0.1, 0.15) is 20.7 Å². The molecule has 20 heavy (non-hydrogen) atoms. The van der Waals surface area contributed by atoms with Crippen molar-refractivity contribution in [2.24, 2.45) is 0 Å². The van der Waals surface area contributed by atoms with Gasteiger partial charge in [0.15, 0.2) is 5.75 Å². The van der Waals surface area contributed by atoms with E-state index in [1.54, 1.807) is 24.3 Å². The number of carboxylic acids is 1. The van der Waals surface area contributed by atoms with E-state index in [1.165, 1.54) is 12.1 Å². The van der Waals surface area contributed by atoms with Gasteiger partial charge in [0, 0.05) is 6.07 Å². The molecule has 1 aliphatic rings. The molecule has 2 aromatic rings. The third-order valence-corrected chi connectivity index (χ3v) is 3.21. The van der Waals surface area contributed by atoms with E-state index >= 15 is 0 Å². The van der Waals surface area contributed by atoms with Crippen molar-refractivity contribution in [3.05, 3.63) is 52.5 Å². The highest BCUT2D eigenvalue weighted by molar-refractivity contribution is 6.34. The number of amides is 1. The number of para-hydroxylation sites is 1. The fourth-order valence-electron chi connectivity index (χ4n) is 1.95. The van der Waals surface area contributed by atoms with Gasteiger partial charge in [-0.2, -0.15) is 0 Å². The molecular weight excluding hydrogens is 282 g/mol. The van der Waals surface area contributed by atoms with Gasteiger partial charge in [0.2, 0.25) is 0 Å². The Morgan fingerprint density at radius 1 is 1.20 bits per heavy atom. The lowest BCUT2D eigenvalue weighted by Gasteiger charge is -2.09. The van der Waals surface area contributed by atoms with E-state index in [0.717, 1.165) is 0 Å². The van der Waals surface area contributed by atoms with E-state index in [0.29, 0.717) is 17.1 Å². The van der Waals surface area contributed by atoms with Gasteiger partial charge in [-0.1, -0.05) is 23.7 Å². The molecule has 6 heteroatoms. The normalized spacial score (nSPS) is 12.6. The molecule has 0 fully saturated rings. The smallest absolute Gasteiger partial charge is 0.337 e. The molecule has 5 nitrogen and oxygen atoms in total. The summed E-state index contributed by atoms with van der Waals surface area (Å²) in [4.78, 5) is 23.1. The minimum Gasteiger partial charge on any atom is -0.478 e. The predicted octanol–water partition coefficient (Wildman–Crippen LogP) is 3.40. The average molecular weight is 290 g/mol. The number of halogens is 1. The summed E-state index contributed by atoms with van der Waals surface area (Å²) in [6.45, 7) is 0. The SMILES string of the molecule is O=C(O)c1cc2c(cc1Cl)Oc1ccccc1C(=O)N2. The highest BCUT2D eigenvalue weighted by Crippen LogP contribution is 2.38. The van der Waals surface area contributed by atoms with Crippen LogP contribution in [0, 0.1) is 0 Å². The van der Waals surface area contributed by atoms with E-state index in [4.69, 9.17) is 21.4 Å². The Labute approximate surface area is 118 Å². The lowest BCUT2D eigenvalue weighted by atomic mass is 10.1. The zero-order valence-corrected chi connectivity index (χ0v) is 10.8. The first-order valence-corrected chi connectivity index (χ1v) is 6.09. The fraction of sp³-hybridized carbons (Fsp3) is 0. The van der Waals surface area contributed by atoms with Crippen molar-refractivity contribution in [1.82, 2.24) is 0 Å². The minimum absolute atomic E-state index is 0.0462. The molecular formula is C14H8ClNO4. The molecule has 100 valence electrons. The summed E-state index contributed by atoms with van der Waals surface area (Å²) in [5.74, 6) is -0.840. The van der Waals surface area contributed by atoms with Gasteiger partial charge in [-0.15, -0.1) is 0 Å². The van der Waals surface area contributed by atoms with Crippen LogP contribution in [0.2, 0.25) is 5.02 Å². The maximum absolute atomic E-state index is 12.1. The van der Waals surface area contributed by atoms with Crippen molar-refractivity contribution >= 4 is 29.2 Å². The summed E-state index contributed by atoms with van der Waals surface area (Å²) < 4.78 is 5.63. The van der Waals surface area contributed by atoms with E-state index in [-0.39, 0.29) is 22.2 Å². The third kappa shape index (κ3) is 1.98. The first-order chi connectivity index (χ1) is 9.56. The number of benzene rings is 2. The van der Waals surface area contributed by atoms with Crippen molar-refractivity contribution < 1.29 is 19.4 Å². The summed E-state index contributed by atoms with van der Waals surface area (Å²) in [6.07, 6.45) is 0. The third-order valence-electron chi connectivity index (χ3n) is 2.90. The van der Waals surface area contributed by atoms with E-state index < -0.39 is 5.97 Å². The highest BCUT2D eigenvalue weighted by Gasteiger charge is 2.23. The van der Waals surface area contributed by atoms with Gasteiger partial charge >= 0.3 is 5.97 Å². The van der Waals surface area contributed by atoms with Crippen LogP contribution >= 0.6 is 11.6 Å². The summed E-state index contributed by atoms with van der Waals surface area (Å²) in [5, 5.41) is 11.7. The van der Waals surface area contributed by atoms with Crippen molar-refractivity contribution in [1.29, 1.82) is 0 Å². The van der Waals surface area contributed by atoms with Crippen LogP contribution < -0.4 is 10.1 Å². The van der Waals surface area contributed by atoms with E-state index in [2.05, 4.69) is 5.32 Å². The lowest BCUT2D eigenvalue weighted by molar-refractivity contribution is 0.0696. The first kappa shape index (κ1) is 12.5. The molecule has 0 saturated heterocycles. The summed E-state index contributed by atoms with van der Waals surface area (Å²) in [5.41, 5.74) is 0.546. The molecule has 3 rings (SSSR count). The molecule has 0 spiro atoms. The number of carbonyl (C=O) groups is 2. The Bertz CT molecular complexity index is 742. The predicted molar refractivity (Wildman–Crippen MR) is 72.9 cm³/mol.